The molecule has 1 rings (SSSR count). The summed E-state index contributed by atoms with van der Waals surface area (Å²) in [5, 5.41) is 14.4. The van der Waals surface area contributed by atoms with Crippen LogP contribution in [0.2, 0.25) is 0 Å². The molecule has 0 amide bonds. The summed E-state index contributed by atoms with van der Waals surface area (Å²) < 4.78 is 10.7. The molecule has 0 unspecified atom stereocenters. The number of ether oxygens (including phenoxy) is 2. The molecular formula is C14H22N2O4. The quantitative estimate of drug-likeness (QED) is 0.428. The highest BCUT2D eigenvalue weighted by Crippen LogP contribution is 2.38. The smallest absolute Gasteiger partial charge is 0.315 e. The standard InChI is InChI=1S/C14H22N2O4/c1-4-6-15-10-11-8-12(16(17)18)14(20-7-5-2)13(9-11)19-3/h8-9,15H,4-7,10H2,1-3H3. The Bertz CT molecular complexity index is 449. The van der Waals surface area contributed by atoms with Gasteiger partial charge in [0.15, 0.2) is 5.75 Å². The van der Waals surface area contributed by atoms with Crippen LogP contribution in [0.3, 0.4) is 0 Å². The molecule has 0 heterocycles. The van der Waals surface area contributed by atoms with Crippen molar-refractivity contribution in [1.29, 1.82) is 0 Å². The number of benzene rings is 1. The Balaban J connectivity index is 3.06. The lowest BCUT2D eigenvalue weighted by Gasteiger charge is -2.12. The number of methoxy groups -OCH3 is 1. The molecule has 1 aromatic carbocycles. The maximum Gasteiger partial charge on any atom is 0.315 e. The summed E-state index contributed by atoms with van der Waals surface area (Å²) in [6, 6.07) is 3.32. The molecule has 6 nitrogen and oxygen atoms in total. The molecule has 20 heavy (non-hydrogen) atoms. The molecule has 1 aromatic rings. The van der Waals surface area contributed by atoms with E-state index in [2.05, 4.69) is 12.2 Å². The Morgan fingerprint density at radius 1 is 1.30 bits per heavy atom. The fourth-order valence-electron chi connectivity index (χ4n) is 1.79. The molecule has 0 bridgehead atoms. The topological polar surface area (TPSA) is 73.6 Å². The van der Waals surface area contributed by atoms with Gasteiger partial charge in [-0.2, -0.15) is 0 Å². The van der Waals surface area contributed by atoms with Gasteiger partial charge in [-0.05, 0) is 31.0 Å². The number of nitrogens with zero attached hydrogens (tertiary/aromatic N) is 1. The van der Waals surface area contributed by atoms with Crippen molar-refractivity contribution >= 4 is 5.69 Å². The van der Waals surface area contributed by atoms with E-state index in [1.54, 1.807) is 6.07 Å². The Kier molecular flexibility index (Phi) is 6.79. The first kappa shape index (κ1) is 16.2. The van der Waals surface area contributed by atoms with Crippen molar-refractivity contribution in [1.82, 2.24) is 5.32 Å². The zero-order valence-corrected chi connectivity index (χ0v) is 12.3. The van der Waals surface area contributed by atoms with Crippen molar-refractivity contribution in [2.75, 3.05) is 20.3 Å². The average molecular weight is 282 g/mol. The molecular weight excluding hydrogens is 260 g/mol. The second-order valence-electron chi connectivity index (χ2n) is 4.43. The van der Waals surface area contributed by atoms with Crippen LogP contribution in [-0.4, -0.2) is 25.2 Å². The lowest BCUT2D eigenvalue weighted by Crippen LogP contribution is -2.14. The Morgan fingerprint density at radius 2 is 2.05 bits per heavy atom. The van der Waals surface area contributed by atoms with Gasteiger partial charge < -0.3 is 14.8 Å². The van der Waals surface area contributed by atoms with Crippen molar-refractivity contribution < 1.29 is 14.4 Å². The molecule has 112 valence electrons. The van der Waals surface area contributed by atoms with Crippen LogP contribution in [0, 0.1) is 10.1 Å². The molecule has 0 radical (unpaired) electrons. The van der Waals surface area contributed by atoms with Crippen LogP contribution in [0.25, 0.3) is 0 Å². The summed E-state index contributed by atoms with van der Waals surface area (Å²) in [4.78, 5) is 10.8. The van der Waals surface area contributed by atoms with Crippen molar-refractivity contribution in [3.63, 3.8) is 0 Å². The largest absolute Gasteiger partial charge is 0.493 e. The summed E-state index contributed by atoms with van der Waals surface area (Å²) in [6.45, 7) is 5.87. The van der Waals surface area contributed by atoms with Gasteiger partial charge in [-0.1, -0.05) is 13.8 Å². The third-order valence-corrected chi connectivity index (χ3v) is 2.72. The number of nitro benzene ring substituents is 1. The molecule has 0 aliphatic carbocycles. The summed E-state index contributed by atoms with van der Waals surface area (Å²) in [5.41, 5.74) is 0.761. The number of rotatable bonds is 9. The zero-order chi connectivity index (χ0) is 15.0. The molecule has 1 N–H and O–H groups in total. The van der Waals surface area contributed by atoms with E-state index in [0.29, 0.717) is 18.9 Å². The van der Waals surface area contributed by atoms with Crippen molar-refractivity contribution in [2.24, 2.45) is 0 Å². The van der Waals surface area contributed by atoms with Crippen molar-refractivity contribution in [3.05, 3.63) is 27.8 Å². The van der Waals surface area contributed by atoms with Gasteiger partial charge in [0.2, 0.25) is 5.75 Å². The SMILES string of the molecule is CCCNCc1cc(OC)c(OCCC)c([N+](=O)[O-])c1. The Morgan fingerprint density at radius 3 is 2.60 bits per heavy atom. The predicted octanol–water partition coefficient (Wildman–Crippen LogP) is 2.89. The normalized spacial score (nSPS) is 10.3. The molecule has 0 fully saturated rings. The fraction of sp³-hybridized carbons (Fsp3) is 0.571. The van der Waals surface area contributed by atoms with Gasteiger partial charge in [0.1, 0.15) is 0 Å². The number of hydrogen-bond donors (Lipinski definition) is 1. The van der Waals surface area contributed by atoms with E-state index in [9.17, 15) is 10.1 Å². The second-order valence-corrected chi connectivity index (χ2v) is 4.43. The van der Waals surface area contributed by atoms with Crippen molar-refractivity contribution in [2.45, 2.75) is 33.2 Å². The third kappa shape index (κ3) is 4.38. The van der Waals surface area contributed by atoms with Gasteiger partial charge in [0, 0.05) is 12.6 Å². The second kappa shape index (κ2) is 8.37. The first-order chi connectivity index (χ1) is 9.63. The maximum absolute atomic E-state index is 11.2. The summed E-state index contributed by atoms with van der Waals surface area (Å²) in [6.07, 6.45) is 1.79. The zero-order valence-electron chi connectivity index (χ0n) is 12.3. The molecule has 0 saturated heterocycles. The summed E-state index contributed by atoms with van der Waals surface area (Å²) in [5.74, 6) is 0.611. The molecule has 0 aliphatic rings. The number of hydrogen-bond acceptors (Lipinski definition) is 5. The van der Waals surface area contributed by atoms with Crippen LogP contribution in [0.4, 0.5) is 5.69 Å². The van der Waals surface area contributed by atoms with Gasteiger partial charge in [0.05, 0.1) is 18.6 Å². The third-order valence-electron chi connectivity index (χ3n) is 2.72. The summed E-state index contributed by atoms with van der Waals surface area (Å²) in [7, 11) is 1.49. The highest BCUT2D eigenvalue weighted by molar-refractivity contribution is 5.58. The molecule has 0 atom stereocenters. The first-order valence-electron chi connectivity index (χ1n) is 6.82. The highest BCUT2D eigenvalue weighted by atomic mass is 16.6. The number of nitrogens with one attached hydrogen (secondary N) is 1. The van der Waals surface area contributed by atoms with Crippen LogP contribution < -0.4 is 14.8 Å². The molecule has 0 spiro atoms. The van der Waals surface area contributed by atoms with Gasteiger partial charge in [-0.25, -0.2) is 0 Å². The van der Waals surface area contributed by atoms with Crippen LogP contribution in [0.1, 0.15) is 32.3 Å². The molecule has 0 aliphatic heterocycles. The van der Waals surface area contributed by atoms with E-state index in [1.807, 2.05) is 6.92 Å². The van der Waals surface area contributed by atoms with E-state index in [4.69, 9.17) is 9.47 Å². The lowest BCUT2D eigenvalue weighted by molar-refractivity contribution is -0.386. The summed E-state index contributed by atoms with van der Waals surface area (Å²) >= 11 is 0. The van der Waals surface area contributed by atoms with Gasteiger partial charge >= 0.3 is 5.69 Å². The predicted molar refractivity (Wildman–Crippen MR) is 77.4 cm³/mol. The minimum absolute atomic E-state index is 0.0499. The Hall–Kier alpha value is -1.82. The fourth-order valence-corrected chi connectivity index (χ4v) is 1.79. The van der Waals surface area contributed by atoms with Crippen molar-refractivity contribution in [3.8, 4) is 11.5 Å². The van der Waals surface area contributed by atoms with E-state index in [1.165, 1.54) is 13.2 Å². The molecule has 0 saturated carbocycles. The highest BCUT2D eigenvalue weighted by Gasteiger charge is 2.22. The van der Waals surface area contributed by atoms with E-state index < -0.39 is 4.92 Å². The van der Waals surface area contributed by atoms with Crippen LogP contribution in [0.15, 0.2) is 12.1 Å². The van der Waals surface area contributed by atoms with Gasteiger partial charge in [-0.15, -0.1) is 0 Å². The molecule has 6 heteroatoms. The van der Waals surface area contributed by atoms with Gasteiger partial charge in [0.25, 0.3) is 0 Å². The van der Waals surface area contributed by atoms with E-state index in [0.717, 1.165) is 24.9 Å². The first-order valence-corrected chi connectivity index (χ1v) is 6.82. The minimum atomic E-state index is -0.434. The minimum Gasteiger partial charge on any atom is -0.493 e. The monoisotopic (exact) mass is 282 g/mol. The van der Waals surface area contributed by atoms with Gasteiger partial charge in [-0.3, -0.25) is 10.1 Å². The Labute approximate surface area is 119 Å². The van der Waals surface area contributed by atoms with E-state index >= 15 is 0 Å². The van der Waals surface area contributed by atoms with Crippen LogP contribution in [-0.2, 0) is 6.54 Å². The van der Waals surface area contributed by atoms with Crippen LogP contribution in [0.5, 0.6) is 11.5 Å². The lowest BCUT2D eigenvalue weighted by atomic mass is 10.1. The van der Waals surface area contributed by atoms with E-state index in [-0.39, 0.29) is 11.4 Å². The number of nitro groups is 1. The average Bonchev–Trinajstić information content (AvgIpc) is 2.45. The molecule has 0 aromatic heterocycles. The maximum atomic E-state index is 11.2. The van der Waals surface area contributed by atoms with Crippen LogP contribution >= 0.6 is 0 Å².